The van der Waals surface area contributed by atoms with E-state index in [0.717, 1.165) is 22.5 Å². The quantitative estimate of drug-likeness (QED) is 0.804. The first-order valence-corrected chi connectivity index (χ1v) is 7.28. The summed E-state index contributed by atoms with van der Waals surface area (Å²) in [5.41, 5.74) is 5.15. The number of aromatic nitrogens is 2. The van der Waals surface area contributed by atoms with Crippen molar-refractivity contribution in [3.05, 3.63) is 58.6 Å². The third kappa shape index (κ3) is 3.00. The van der Waals surface area contributed by atoms with E-state index < -0.39 is 0 Å². The number of hydrogen-bond donors (Lipinski definition) is 1. The molecule has 21 heavy (non-hydrogen) atoms. The van der Waals surface area contributed by atoms with Gasteiger partial charge in [-0.05, 0) is 24.6 Å². The predicted molar refractivity (Wildman–Crippen MR) is 80.0 cm³/mol. The van der Waals surface area contributed by atoms with Crippen LogP contribution < -0.4 is 5.32 Å². The predicted octanol–water partition coefficient (Wildman–Crippen LogP) is 3.04. The van der Waals surface area contributed by atoms with E-state index in [1.807, 2.05) is 25.1 Å². The SMILES string of the molecule is Cc1ncsc1C(=O)NCc1ccc(-c2ccoc2)nc1. The van der Waals surface area contributed by atoms with Crippen LogP contribution >= 0.6 is 11.3 Å². The van der Waals surface area contributed by atoms with Crippen molar-refractivity contribution in [3.63, 3.8) is 0 Å². The minimum atomic E-state index is -0.103. The maximum atomic E-state index is 12.0. The topological polar surface area (TPSA) is 68.0 Å². The van der Waals surface area contributed by atoms with Crippen LogP contribution in [0.2, 0.25) is 0 Å². The molecule has 6 heteroatoms. The van der Waals surface area contributed by atoms with E-state index in [2.05, 4.69) is 15.3 Å². The number of nitrogens with one attached hydrogen (secondary N) is 1. The fourth-order valence-corrected chi connectivity index (χ4v) is 2.61. The Morgan fingerprint density at radius 3 is 2.86 bits per heavy atom. The van der Waals surface area contributed by atoms with E-state index in [0.29, 0.717) is 11.4 Å². The first-order valence-electron chi connectivity index (χ1n) is 6.40. The third-order valence-corrected chi connectivity index (χ3v) is 3.97. The summed E-state index contributed by atoms with van der Waals surface area (Å²) in [6.45, 7) is 2.27. The highest BCUT2D eigenvalue weighted by atomic mass is 32.1. The second kappa shape index (κ2) is 5.88. The second-order valence-electron chi connectivity index (χ2n) is 4.51. The van der Waals surface area contributed by atoms with Crippen LogP contribution in [0.4, 0.5) is 0 Å². The summed E-state index contributed by atoms with van der Waals surface area (Å²) in [7, 11) is 0. The van der Waals surface area contributed by atoms with Crippen molar-refractivity contribution in [2.75, 3.05) is 0 Å². The molecule has 1 N–H and O–H groups in total. The first kappa shape index (κ1) is 13.5. The van der Waals surface area contributed by atoms with Crippen LogP contribution in [0.3, 0.4) is 0 Å². The maximum absolute atomic E-state index is 12.0. The molecule has 1 amide bonds. The third-order valence-electron chi connectivity index (χ3n) is 3.05. The Bertz CT molecular complexity index is 733. The van der Waals surface area contributed by atoms with Crippen LogP contribution in [0.25, 0.3) is 11.3 Å². The molecule has 0 aliphatic heterocycles. The van der Waals surface area contributed by atoms with Crippen molar-refractivity contribution in [2.45, 2.75) is 13.5 Å². The second-order valence-corrected chi connectivity index (χ2v) is 5.37. The highest BCUT2D eigenvalue weighted by molar-refractivity contribution is 7.11. The number of carbonyl (C=O) groups excluding carboxylic acids is 1. The van der Waals surface area contributed by atoms with Gasteiger partial charge in [-0.15, -0.1) is 11.3 Å². The average Bonchev–Trinajstić information content (AvgIpc) is 3.16. The van der Waals surface area contributed by atoms with Gasteiger partial charge in [0.15, 0.2) is 0 Å². The molecule has 3 rings (SSSR count). The molecule has 106 valence electrons. The molecule has 3 aromatic heterocycles. The monoisotopic (exact) mass is 299 g/mol. The lowest BCUT2D eigenvalue weighted by Crippen LogP contribution is -2.22. The number of thiazole rings is 1. The van der Waals surface area contributed by atoms with Gasteiger partial charge in [0.2, 0.25) is 0 Å². The van der Waals surface area contributed by atoms with Crippen molar-refractivity contribution >= 4 is 17.2 Å². The van der Waals surface area contributed by atoms with Crippen LogP contribution in [0.5, 0.6) is 0 Å². The van der Waals surface area contributed by atoms with Crippen molar-refractivity contribution < 1.29 is 9.21 Å². The Morgan fingerprint density at radius 2 is 2.24 bits per heavy atom. The van der Waals surface area contributed by atoms with Gasteiger partial charge in [0.05, 0.1) is 29.4 Å². The van der Waals surface area contributed by atoms with Gasteiger partial charge in [0.25, 0.3) is 5.91 Å². The van der Waals surface area contributed by atoms with Gasteiger partial charge >= 0.3 is 0 Å². The van der Waals surface area contributed by atoms with Crippen LogP contribution in [-0.2, 0) is 6.54 Å². The largest absolute Gasteiger partial charge is 0.472 e. The Morgan fingerprint density at radius 1 is 1.33 bits per heavy atom. The molecule has 0 bridgehead atoms. The summed E-state index contributed by atoms with van der Waals surface area (Å²) >= 11 is 1.34. The number of pyridine rings is 1. The highest BCUT2D eigenvalue weighted by Crippen LogP contribution is 2.17. The van der Waals surface area contributed by atoms with Gasteiger partial charge in [-0.3, -0.25) is 9.78 Å². The van der Waals surface area contributed by atoms with Crippen molar-refractivity contribution in [1.29, 1.82) is 0 Å². The van der Waals surface area contributed by atoms with Gasteiger partial charge in [-0.2, -0.15) is 0 Å². The number of furan rings is 1. The highest BCUT2D eigenvalue weighted by Gasteiger charge is 2.11. The fourth-order valence-electron chi connectivity index (χ4n) is 1.89. The van der Waals surface area contributed by atoms with Crippen LogP contribution in [0.1, 0.15) is 20.9 Å². The molecule has 3 heterocycles. The van der Waals surface area contributed by atoms with Crippen LogP contribution in [0.15, 0.2) is 46.8 Å². The van der Waals surface area contributed by atoms with Crippen molar-refractivity contribution in [3.8, 4) is 11.3 Å². The standard InChI is InChI=1S/C15H13N3O2S/c1-10-14(21-9-18-10)15(19)17-7-11-2-3-13(16-6-11)12-4-5-20-8-12/h2-6,8-9H,7H2,1H3,(H,17,19). The molecule has 0 aliphatic rings. The molecule has 0 saturated carbocycles. The molecule has 5 nitrogen and oxygen atoms in total. The zero-order chi connectivity index (χ0) is 14.7. The summed E-state index contributed by atoms with van der Waals surface area (Å²) in [6.07, 6.45) is 5.01. The molecule has 0 saturated heterocycles. The lowest BCUT2D eigenvalue weighted by atomic mass is 10.2. The normalized spacial score (nSPS) is 10.5. The molecule has 0 fully saturated rings. The smallest absolute Gasteiger partial charge is 0.263 e. The van der Waals surface area contributed by atoms with E-state index in [-0.39, 0.29) is 5.91 Å². The maximum Gasteiger partial charge on any atom is 0.263 e. The lowest BCUT2D eigenvalue weighted by Gasteiger charge is -2.05. The molecule has 3 aromatic rings. The molecule has 0 radical (unpaired) electrons. The molecule has 0 unspecified atom stereocenters. The fraction of sp³-hybridized carbons (Fsp3) is 0.133. The average molecular weight is 299 g/mol. The summed E-state index contributed by atoms with van der Waals surface area (Å²) in [4.78, 5) is 21.1. The molecule has 0 aliphatic carbocycles. The summed E-state index contributed by atoms with van der Waals surface area (Å²) in [5.74, 6) is -0.103. The van der Waals surface area contributed by atoms with Gasteiger partial charge in [0, 0.05) is 18.3 Å². The summed E-state index contributed by atoms with van der Waals surface area (Å²) in [6, 6.07) is 5.70. The molecular formula is C15H13N3O2S. The zero-order valence-corrected chi connectivity index (χ0v) is 12.2. The van der Waals surface area contributed by atoms with Gasteiger partial charge in [-0.25, -0.2) is 4.98 Å². The van der Waals surface area contributed by atoms with Crippen molar-refractivity contribution in [2.24, 2.45) is 0 Å². The Balaban J connectivity index is 1.64. The Hall–Kier alpha value is -2.47. The summed E-state index contributed by atoms with van der Waals surface area (Å²) < 4.78 is 5.03. The minimum absolute atomic E-state index is 0.103. The zero-order valence-electron chi connectivity index (χ0n) is 11.4. The Labute approximate surface area is 125 Å². The Kier molecular flexibility index (Phi) is 3.79. The molecular weight excluding hydrogens is 286 g/mol. The number of nitrogens with zero attached hydrogens (tertiary/aromatic N) is 2. The van der Waals surface area contributed by atoms with E-state index in [1.165, 1.54) is 11.3 Å². The van der Waals surface area contributed by atoms with E-state index in [1.54, 1.807) is 24.2 Å². The molecule has 0 aromatic carbocycles. The van der Waals surface area contributed by atoms with Gasteiger partial charge in [-0.1, -0.05) is 6.07 Å². The minimum Gasteiger partial charge on any atom is -0.472 e. The molecule has 0 spiro atoms. The number of hydrogen-bond acceptors (Lipinski definition) is 5. The number of rotatable bonds is 4. The van der Waals surface area contributed by atoms with E-state index in [4.69, 9.17) is 4.42 Å². The van der Waals surface area contributed by atoms with E-state index in [9.17, 15) is 4.79 Å². The first-order chi connectivity index (χ1) is 10.2. The number of aryl methyl sites for hydroxylation is 1. The van der Waals surface area contributed by atoms with Gasteiger partial charge in [0.1, 0.15) is 4.88 Å². The molecule has 0 atom stereocenters. The summed E-state index contributed by atoms with van der Waals surface area (Å²) in [5, 5.41) is 2.87. The van der Waals surface area contributed by atoms with Crippen LogP contribution in [-0.4, -0.2) is 15.9 Å². The van der Waals surface area contributed by atoms with E-state index >= 15 is 0 Å². The van der Waals surface area contributed by atoms with Crippen LogP contribution in [0, 0.1) is 6.92 Å². The van der Waals surface area contributed by atoms with Crippen molar-refractivity contribution in [1.82, 2.24) is 15.3 Å². The number of carbonyl (C=O) groups is 1. The van der Waals surface area contributed by atoms with Gasteiger partial charge < -0.3 is 9.73 Å². The lowest BCUT2D eigenvalue weighted by molar-refractivity contribution is 0.0954. The number of amides is 1.